The number of aliphatic hydroxyl groups excluding tert-OH is 1. The molecule has 8 nitrogen and oxygen atoms in total. The predicted molar refractivity (Wildman–Crippen MR) is 67.5 cm³/mol. The van der Waals surface area contributed by atoms with E-state index >= 15 is 0 Å². The van der Waals surface area contributed by atoms with Crippen molar-refractivity contribution in [2.45, 2.75) is 13.0 Å². The zero-order valence-corrected chi connectivity index (χ0v) is 9.58. The van der Waals surface area contributed by atoms with Crippen LogP contribution >= 0.6 is 0 Å². The van der Waals surface area contributed by atoms with Crippen molar-refractivity contribution in [1.82, 2.24) is 19.9 Å². The van der Waals surface area contributed by atoms with Crippen LogP contribution in [0.15, 0.2) is 10.9 Å². The maximum Gasteiger partial charge on any atom is 0.275 e. The molecule has 0 saturated carbocycles. The van der Waals surface area contributed by atoms with Crippen LogP contribution in [0.1, 0.15) is 12.6 Å². The molecule has 0 spiro atoms. The first kappa shape index (κ1) is 12.0. The van der Waals surface area contributed by atoms with Crippen LogP contribution in [-0.2, 0) is 0 Å². The first-order chi connectivity index (χ1) is 8.47. The molecule has 1 atom stereocenters. The fourth-order valence-corrected chi connectivity index (χ4v) is 1.37. The third-order valence-electron chi connectivity index (χ3n) is 2.16. The summed E-state index contributed by atoms with van der Waals surface area (Å²) >= 11 is 0. The number of anilines is 2. The molecule has 2 rings (SSSR count). The van der Waals surface area contributed by atoms with Crippen molar-refractivity contribution >= 4 is 29.0 Å². The van der Waals surface area contributed by atoms with Crippen molar-refractivity contribution in [1.29, 1.82) is 0 Å². The van der Waals surface area contributed by atoms with Crippen molar-refractivity contribution in [2.24, 2.45) is 0 Å². The first-order valence-corrected chi connectivity index (χ1v) is 5.16. The summed E-state index contributed by atoms with van der Waals surface area (Å²) in [4.78, 5) is 25.8. The Balaban J connectivity index is 2.65. The third kappa shape index (κ3) is 2.28. The average Bonchev–Trinajstić information content (AvgIpc) is 2.26. The highest BCUT2D eigenvalue weighted by molar-refractivity contribution is 5.82. The Morgan fingerprint density at radius 1 is 1.33 bits per heavy atom. The lowest BCUT2D eigenvalue weighted by Gasteiger charge is -2.02. The number of rotatable bonds is 2. The highest BCUT2D eigenvalue weighted by Crippen LogP contribution is 2.13. The van der Waals surface area contributed by atoms with Crippen molar-refractivity contribution in [3.8, 4) is 0 Å². The average molecular weight is 248 g/mol. The van der Waals surface area contributed by atoms with Crippen LogP contribution < -0.4 is 17.0 Å². The van der Waals surface area contributed by atoms with E-state index in [1.54, 1.807) is 6.92 Å². The standard InChI is InChI=1S/C10H12N6O2/c1-4(17)2-3-5-9(18)15-8-6(13-5)7(11)14-10(12)16-8/h2-4,17H,1H3,(H5,11,12,14,15,16,18)/b3-2-. The van der Waals surface area contributed by atoms with Gasteiger partial charge in [-0.15, -0.1) is 0 Å². The molecule has 8 heteroatoms. The number of hydrogen-bond donors (Lipinski definition) is 4. The molecule has 0 radical (unpaired) electrons. The van der Waals surface area contributed by atoms with Gasteiger partial charge in [0.2, 0.25) is 5.95 Å². The van der Waals surface area contributed by atoms with E-state index in [0.29, 0.717) is 0 Å². The van der Waals surface area contributed by atoms with E-state index in [-0.39, 0.29) is 28.6 Å². The Labute approximate surface area is 101 Å². The molecule has 0 saturated heterocycles. The van der Waals surface area contributed by atoms with E-state index in [9.17, 15) is 4.79 Å². The minimum Gasteiger partial charge on any atom is -0.389 e. The van der Waals surface area contributed by atoms with Crippen LogP contribution in [0.5, 0.6) is 0 Å². The van der Waals surface area contributed by atoms with Crippen LogP contribution in [0.4, 0.5) is 11.8 Å². The number of hydrogen-bond acceptors (Lipinski definition) is 7. The molecule has 18 heavy (non-hydrogen) atoms. The summed E-state index contributed by atoms with van der Waals surface area (Å²) < 4.78 is 0. The van der Waals surface area contributed by atoms with Crippen LogP contribution in [0, 0.1) is 0 Å². The lowest BCUT2D eigenvalue weighted by Crippen LogP contribution is -2.15. The topological polar surface area (TPSA) is 144 Å². The maximum atomic E-state index is 11.7. The number of nitrogens with two attached hydrogens (primary N) is 2. The number of nitrogens with zero attached hydrogens (tertiary/aromatic N) is 3. The quantitative estimate of drug-likeness (QED) is 0.548. The van der Waals surface area contributed by atoms with Gasteiger partial charge in [0.05, 0.1) is 6.10 Å². The molecule has 0 aliphatic rings. The second-order valence-electron chi connectivity index (χ2n) is 3.72. The van der Waals surface area contributed by atoms with Crippen LogP contribution in [0.25, 0.3) is 17.2 Å². The van der Waals surface area contributed by atoms with Gasteiger partial charge in [0.15, 0.2) is 11.5 Å². The Bertz CT molecular complexity index is 676. The van der Waals surface area contributed by atoms with Crippen molar-refractivity contribution < 1.29 is 5.11 Å². The Morgan fingerprint density at radius 2 is 2.06 bits per heavy atom. The molecule has 0 aromatic carbocycles. The second-order valence-corrected chi connectivity index (χ2v) is 3.72. The van der Waals surface area contributed by atoms with Gasteiger partial charge < -0.3 is 21.6 Å². The summed E-state index contributed by atoms with van der Waals surface area (Å²) in [5, 5.41) is 9.12. The van der Waals surface area contributed by atoms with Crippen LogP contribution in [0.3, 0.4) is 0 Å². The number of nitrogens with one attached hydrogen (secondary N) is 1. The van der Waals surface area contributed by atoms with Crippen LogP contribution in [-0.4, -0.2) is 31.1 Å². The van der Waals surface area contributed by atoms with Gasteiger partial charge in [-0.1, -0.05) is 6.08 Å². The third-order valence-corrected chi connectivity index (χ3v) is 2.16. The molecule has 6 N–H and O–H groups in total. The first-order valence-electron chi connectivity index (χ1n) is 5.16. The van der Waals surface area contributed by atoms with E-state index in [2.05, 4.69) is 19.9 Å². The van der Waals surface area contributed by atoms with E-state index < -0.39 is 11.7 Å². The minimum atomic E-state index is -0.679. The Hall–Kier alpha value is -2.48. The zero-order valence-electron chi connectivity index (χ0n) is 9.58. The van der Waals surface area contributed by atoms with Crippen LogP contribution in [0.2, 0.25) is 0 Å². The van der Waals surface area contributed by atoms with Gasteiger partial charge >= 0.3 is 0 Å². The largest absolute Gasteiger partial charge is 0.389 e. The summed E-state index contributed by atoms with van der Waals surface area (Å²) in [5.74, 6) is 0.0465. The molecule has 1 unspecified atom stereocenters. The number of aromatic nitrogens is 4. The lowest BCUT2D eigenvalue weighted by atomic mass is 10.3. The van der Waals surface area contributed by atoms with Gasteiger partial charge in [-0.05, 0) is 13.0 Å². The summed E-state index contributed by atoms with van der Waals surface area (Å²) in [6.07, 6.45) is 2.15. The summed E-state index contributed by atoms with van der Waals surface area (Å²) in [5.41, 5.74) is 11.2. The molecule has 0 fully saturated rings. The van der Waals surface area contributed by atoms with E-state index in [1.807, 2.05) is 0 Å². The van der Waals surface area contributed by atoms with Gasteiger partial charge in [-0.3, -0.25) is 4.79 Å². The molecule has 2 aromatic rings. The van der Waals surface area contributed by atoms with Crippen molar-refractivity contribution in [2.75, 3.05) is 11.5 Å². The molecule has 2 heterocycles. The summed E-state index contributed by atoms with van der Waals surface area (Å²) in [7, 11) is 0. The zero-order chi connectivity index (χ0) is 13.3. The molecule has 94 valence electrons. The molecule has 0 bridgehead atoms. The highest BCUT2D eigenvalue weighted by Gasteiger charge is 2.08. The Kier molecular flexibility index (Phi) is 2.94. The van der Waals surface area contributed by atoms with Crippen molar-refractivity contribution in [3.63, 3.8) is 0 Å². The maximum absolute atomic E-state index is 11.7. The molecule has 0 amide bonds. The SMILES string of the molecule is CC(O)/C=C\c1nc2c(N)nc(N)nc2[nH]c1=O. The summed E-state index contributed by atoms with van der Waals surface area (Å²) in [6.45, 7) is 1.56. The monoisotopic (exact) mass is 248 g/mol. The number of aromatic amines is 1. The number of aliphatic hydroxyl groups is 1. The molecule has 0 aliphatic carbocycles. The van der Waals surface area contributed by atoms with Gasteiger partial charge in [-0.2, -0.15) is 9.97 Å². The molecular weight excluding hydrogens is 236 g/mol. The van der Waals surface area contributed by atoms with Gasteiger partial charge in [0.25, 0.3) is 5.56 Å². The summed E-state index contributed by atoms with van der Waals surface area (Å²) in [6, 6.07) is 0. The smallest absolute Gasteiger partial charge is 0.275 e. The fourth-order valence-electron chi connectivity index (χ4n) is 1.37. The predicted octanol–water partition coefficient (Wildman–Crippen LogP) is -0.728. The van der Waals surface area contributed by atoms with E-state index in [0.717, 1.165) is 0 Å². The van der Waals surface area contributed by atoms with E-state index in [1.165, 1.54) is 12.2 Å². The number of nitrogen functional groups attached to an aromatic ring is 2. The van der Waals surface area contributed by atoms with Gasteiger partial charge in [0.1, 0.15) is 11.2 Å². The van der Waals surface area contributed by atoms with Crippen molar-refractivity contribution in [3.05, 3.63) is 22.1 Å². The number of H-pyrrole nitrogens is 1. The van der Waals surface area contributed by atoms with Gasteiger partial charge in [0, 0.05) is 0 Å². The second kappa shape index (κ2) is 4.41. The molecular formula is C10H12N6O2. The minimum absolute atomic E-state index is 0.0373. The molecule has 0 aliphatic heterocycles. The normalized spacial score (nSPS) is 13.2. The highest BCUT2D eigenvalue weighted by atomic mass is 16.3. The fraction of sp³-hybridized carbons (Fsp3) is 0.200. The number of fused-ring (bicyclic) bond motifs is 1. The lowest BCUT2D eigenvalue weighted by molar-refractivity contribution is 0.245. The Morgan fingerprint density at radius 3 is 2.72 bits per heavy atom. The van der Waals surface area contributed by atoms with Gasteiger partial charge in [-0.25, -0.2) is 4.98 Å². The van der Waals surface area contributed by atoms with E-state index in [4.69, 9.17) is 16.6 Å². The molecule has 2 aromatic heterocycles.